The summed E-state index contributed by atoms with van der Waals surface area (Å²) in [6, 6.07) is 9.86. The summed E-state index contributed by atoms with van der Waals surface area (Å²) in [6.07, 6.45) is -4.43. The molecule has 0 bridgehead atoms. The number of alkyl halides is 3. The Bertz CT molecular complexity index is 1020. The average Bonchev–Trinajstić information content (AvgIpc) is 3.17. The van der Waals surface area contributed by atoms with Gasteiger partial charge in [0.25, 0.3) is 0 Å². The van der Waals surface area contributed by atoms with E-state index in [4.69, 9.17) is 0 Å². The van der Waals surface area contributed by atoms with Crippen molar-refractivity contribution in [1.29, 1.82) is 0 Å². The lowest BCUT2D eigenvalue weighted by atomic mass is 10.1. The number of pyridine rings is 1. The van der Waals surface area contributed by atoms with Crippen LogP contribution in [0.1, 0.15) is 16.3 Å². The molecule has 0 fully saturated rings. The molecule has 2 aromatic heterocycles. The van der Waals surface area contributed by atoms with Crippen molar-refractivity contribution in [3.05, 3.63) is 52.0 Å². The minimum Gasteiger partial charge on any atom is -0.363 e. The molecule has 6 nitrogen and oxygen atoms in total. The van der Waals surface area contributed by atoms with Crippen LogP contribution in [-0.4, -0.2) is 37.1 Å². The molecule has 0 aliphatic heterocycles. The molecule has 0 saturated heterocycles. The summed E-state index contributed by atoms with van der Waals surface area (Å²) in [6.45, 7) is 0.635. The number of halogens is 4. The molecule has 0 amide bonds. The zero-order valence-corrected chi connectivity index (χ0v) is 19.8. The van der Waals surface area contributed by atoms with Crippen LogP contribution in [0.3, 0.4) is 0 Å². The molecule has 11 heteroatoms. The number of hydrogen-bond donors (Lipinski definition) is 2. The maximum atomic E-state index is 12.7. The molecule has 1 aromatic carbocycles. The van der Waals surface area contributed by atoms with Gasteiger partial charge in [-0.25, -0.2) is 9.97 Å². The van der Waals surface area contributed by atoms with Crippen LogP contribution in [-0.2, 0) is 19.3 Å². The second-order valence-electron chi connectivity index (χ2n) is 6.45. The first-order valence-corrected chi connectivity index (χ1v) is 9.68. The third kappa shape index (κ3) is 5.94. The van der Waals surface area contributed by atoms with Crippen LogP contribution in [0, 0.1) is 0 Å². The van der Waals surface area contributed by atoms with E-state index in [0.717, 1.165) is 39.0 Å². The van der Waals surface area contributed by atoms with Crippen molar-refractivity contribution >= 4 is 58.0 Å². The number of aliphatic imine (C=N–C) groups is 1. The van der Waals surface area contributed by atoms with Crippen LogP contribution in [0.15, 0.2) is 40.7 Å². The number of nitrogens with zero attached hydrogens (tertiary/aromatic N) is 4. The molecular weight excluding hydrogens is 528 g/mol. The third-order valence-electron chi connectivity index (χ3n) is 4.17. The van der Waals surface area contributed by atoms with E-state index >= 15 is 0 Å². The largest absolute Gasteiger partial charge is 0.434 e. The fraction of sp³-hybridized carbons (Fsp3) is 0.316. The second kappa shape index (κ2) is 10.2. The zero-order valence-electron chi connectivity index (χ0n) is 16.6. The first-order valence-electron chi connectivity index (χ1n) is 8.80. The summed E-state index contributed by atoms with van der Waals surface area (Å²) < 4.78 is 38.0. The highest BCUT2D eigenvalue weighted by atomic mass is 127. The molecular formula is C19H22F3IN6S. The monoisotopic (exact) mass is 550 g/mol. The summed E-state index contributed by atoms with van der Waals surface area (Å²) in [4.78, 5) is 14.3. The van der Waals surface area contributed by atoms with E-state index < -0.39 is 11.9 Å². The number of benzene rings is 1. The van der Waals surface area contributed by atoms with Gasteiger partial charge >= 0.3 is 6.18 Å². The van der Waals surface area contributed by atoms with Gasteiger partial charge in [0.05, 0.1) is 12.1 Å². The molecule has 162 valence electrons. The van der Waals surface area contributed by atoms with Gasteiger partial charge in [-0.1, -0.05) is 18.2 Å². The fourth-order valence-corrected chi connectivity index (χ4v) is 3.43. The van der Waals surface area contributed by atoms with Gasteiger partial charge in [-0.2, -0.15) is 13.2 Å². The number of aromatic nitrogens is 2. The first kappa shape index (κ1) is 24.1. The Labute approximate surface area is 193 Å². The molecule has 0 saturated carbocycles. The Hall–Kier alpha value is -2.15. The summed E-state index contributed by atoms with van der Waals surface area (Å²) in [7, 11) is 5.46. The Balaban J connectivity index is 0.00000320. The molecule has 0 aliphatic carbocycles. The Kier molecular flexibility index (Phi) is 8.24. The molecule has 0 radical (unpaired) electrons. The van der Waals surface area contributed by atoms with Crippen molar-refractivity contribution in [2.45, 2.75) is 19.3 Å². The Morgan fingerprint density at radius 1 is 1.13 bits per heavy atom. The zero-order chi connectivity index (χ0) is 21.0. The molecule has 3 rings (SSSR count). The normalized spacial score (nSPS) is 11.9. The molecule has 30 heavy (non-hydrogen) atoms. The smallest absolute Gasteiger partial charge is 0.363 e. The Morgan fingerprint density at radius 2 is 1.83 bits per heavy atom. The molecule has 3 aromatic rings. The summed E-state index contributed by atoms with van der Waals surface area (Å²) in [5.74, 6) is 1.31. The number of para-hydroxylation sites is 1. The predicted octanol–water partition coefficient (Wildman–Crippen LogP) is 4.26. The number of rotatable bonds is 5. The van der Waals surface area contributed by atoms with Gasteiger partial charge in [0.15, 0.2) is 11.7 Å². The first-order chi connectivity index (χ1) is 13.8. The highest BCUT2D eigenvalue weighted by Crippen LogP contribution is 2.30. The molecule has 0 unspecified atom stereocenters. The van der Waals surface area contributed by atoms with Crippen LogP contribution in [0.4, 0.5) is 19.0 Å². The summed E-state index contributed by atoms with van der Waals surface area (Å²) in [5, 5.41) is 8.57. The van der Waals surface area contributed by atoms with Gasteiger partial charge < -0.3 is 15.5 Å². The number of nitrogens with one attached hydrogen (secondary N) is 2. The van der Waals surface area contributed by atoms with Crippen LogP contribution >= 0.6 is 35.3 Å². The third-order valence-corrected chi connectivity index (χ3v) is 5.01. The maximum absolute atomic E-state index is 12.7. The lowest BCUT2D eigenvalue weighted by molar-refractivity contribution is -0.140. The van der Waals surface area contributed by atoms with Crippen molar-refractivity contribution in [2.75, 3.05) is 26.0 Å². The van der Waals surface area contributed by atoms with Gasteiger partial charge in [-0.15, -0.1) is 35.3 Å². The van der Waals surface area contributed by atoms with E-state index in [0.29, 0.717) is 17.5 Å². The second-order valence-corrected chi connectivity index (χ2v) is 7.40. The average molecular weight is 550 g/mol. The van der Waals surface area contributed by atoms with E-state index in [1.807, 2.05) is 49.3 Å². The minimum atomic E-state index is -4.43. The summed E-state index contributed by atoms with van der Waals surface area (Å²) >= 11 is 0.960. The van der Waals surface area contributed by atoms with E-state index in [2.05, 4.69) is 25.6 Å². The Morgan fingerprint density at radius 3 is 2.47 bits per heavy atom. The fourth-order valence-electron chi connectivity index (χ4n) is 2.69. The van der Waals surface area contributed by atoms with Gasteiger partial charge in [0.2, 0.25) is 0 Å². The van der Waals surface area contributed by atoms with Crippen molar-refractivity contribution < 1.29 is 13.2 Å². The number of guanidine groups is 1. The van der Waals surface area contributed by atoms with Gasteiger partial charge in [0.1, 0.15) is 10.8 Å². The molecule has 2 heterocycles. The number of anilines is 1. The van der Waals surface area contributed by atoms with Crippen LogP contribution in [0.2, 0.25) is 0 Å². The minimum absolute atomic E-state index is 0. The van der Waals surface area contributed by atoms with Gasteiger partial charge in [-0.05, 0) is 17.7 Å². The van der Waals surface area contributed by atoms with E-state index in [1.165, 1.54) is 0 Å². The van der Waals surface area contributed by atoms with Crippen molar-refractivity contribution in [1.82, 2.24) is 20.6 Å². The standard InChI is InChI=1S/C19H21F3N6S.HI/c1-23-18(25-10-17-27-15(11-29-17)19(20,21)22)24-9-12-8-16(28(2)3)26-14-7-5-4-6-13(12)14;/h4-8,11H,9-10H2,1-3H3,(H2,23,24,25);1H. The van der Waals surface area contributed by atoms with Crippen LogP contribution < -0.4 is 15.5 Å². The van der Waals surface area contributed by atoms with Crippen molar-refractivity contribution in [3.8, 4) is 0 Å². The van der Waals surface area contributed by atoms with Gasteiger partial charge in [-0.3, -0.25) is 4.99 Å². The number of hydrogen-bond acceptors (Lipinski definition) is 5. The SMILES string of the molecule is CN=C(NCc1nc(C(F)(F)F)cs1)NCc1cc(N(C)C)nc2ccccc12.I. The topological polar surface area (TPSA) is 65.4 Å². The van der Waals surface area contributed by atoms with E-state index in [1.54, 1.807) is 7.05 Å². The molecule has 0 aliphatic rings. The lowest BCUT2D eigenvalue weighted by Gasteiger charge is -2.16. The predicted molar refractivity (Wildman–Crippen MR) is 126 cm³/mol. The van der Waals surface area contributed by atoms with E-state index in [-0.39, 0.29) is 30.5 Å². The highest BCUT2D eigenvalue weighted by Gasteiger charge is 2.33. The molecule has 0 atom stereocenters. The maximum Gasteiger partial charge on any atom is 0.434 e. The molecule has 2 N–H and O–H groups in total. The molecule has 0 spiro atoms. The quantitative estimate of drug-likeness (QED) is 0.283. The summed E-state index contributed by atoms with van der Waals surface area (Å²) in [5.41, 5.74) is 1.05. The van der Waals surface area contributed by atoms with Gasteiger partial charge in [0, 0.05) is 38.5 Å². The van der Waals surface area contributed by atoms with Crippen molar-refractivity contribution in [2.24, 2.45) is 4.99 Å². The van der Waals surface area contributed by atoms with Crippen LogP contribution in [0.5, 0.6) is 0 Å². The highest BCUT2D eigenvalue weighted by molar-refractivity contribution is 14.0. The number of fused-ring (bicyclic) bond motifs is 1. The van der Waals surface area contributed by atoms with Crippen molar-refractivity contribution in [3.63, 3.8) is 0 Å². The lowest BCUT2D eigenvalue weighted by Crippen LogP contribution is -2.36. The number of thiazole rings is 1. The van der Waals surface area contributed by atoms with Crippen LogP contribution in [0.25, 0.3) is 10.9 Å². The van der Waals surface area contributed by atoms with E-state index in [9.17, 15) is 13.2 Å².